The summed E-state index contributed by atoms with van der Waals surface area (Å²) in [7, 11) is 0. The van der Waals surface area contributed by atoms with Gasteiger partial charge >= 0.3 is 0 Å². The molecule has 7 heteroatoms. The van der Waals surface area contributed by atoms with E-state index < -0.39 is 4.92 Å². The van der Waals surface area contributed by atoms with Gasteiger partial charge in [0.1, 0.15) is 0 Å². The maximum atomic E-state index is 12.8. The lowest BCUT2D eigenvalue weighted by atomic mass is 10.1. The molecule has 2 aromatic rings. The van der Waals surface area contributed by atoms with Gasteiger partial charge in [-0.1, -0.05) is 0 Å². The van der Waals surface area contributed by atoms with E-state index in [1.807, 2.05) is 20.8 Å². The largest absolute Gasteiger partial charge is 0.369 e. The molecule has 1 aromatic carbocycles. The number of nitrogens with zero attached hydrogens (tertiary/aromatic N) is 2. The Hall–Kier alpha value is -1.99. The van der Waals surface area contributed by atoms with Crippen molar-refractivity contribution in [2.24, 2.45) is 0 Å². The molecule has 0 spiro atoms. The van der Waals surface area contributed by atoms with Gasteiger partial charge in [-0.05, 0) is 32.9 Å². The van der Waals surface area contributed by atoms with Crippen LogP contribution in [0.4, 0.5) is 5.69 Å². The van der Waals surface area contributed by atoms with E-state index in [2.05, 4.69) is 0 Å². The molecule has 1 atom stereocenters. The van der Waals surface area contributed by atoms with E-state index in [0.29, 0.717) is 18.0 Å². The lowest BCUT2D eigenvalue weighted by molar-refractivity contribution is -0.384. The van der Waals surface area contributed by atoms with Crippen LogP contribution in [0.5, 0.6) is 0 Å². The van der Waals surface area contributed by atoms with Crippen molar-refractivity contribution in [2.45, 2.75) is 32.5 Å². The van der Waals surface area contributed by atoms with E-state index in [9.17, 15) is 14.9 Å². The zero-order chi connectivity index (χ0) is 16.8. The Balaban J connectivity index is 1.90. The molecule has 1 aliphatic rings. The van der Waals surface area contributed by atoms with Crippen LogP contribution in [0.1, 0.15) is 30.4 Å². The van der Waals surface area contributed by atoms with Crippen molar-refractivity contribution >= 4 is 33.0 Å². The van der Waals surface area contributed by atoms with E-state index >= 15 is 0 Å². The van der Waals surface area contributed by atoms with Gasteiger partial charge in [0, 0.05) is 35.3 Å². The topological polar surface area (TPSA) is 72.7 Å². The van der Waals surface area contributed by atoms with Crippen molar-refractivity contribution in [3.8, 4) is 0 Å². The van der Waals surface area contributed by atoms with Gasteiger partial charge in [0.25, 0.3) is 11.6 Å². The van der Waals surface area contributed by atoms with Gasteiger partial charge in [-0.15, -0.1) is 11.3 Å². The molecule has 1 aliphatic heterocycles. The molecule has 1 aromatic heterocycles. The predicted octanol–water partition coefficient (Wildman–Crippen LogP) is 3.45. The molecular weight excluding hydrogens is 316 g/mol. The Morgan fingerprint density at radius 2 is 2.17 bits per heavy atom. The first-order chi connectivity index (χ1) is 10.7. The molecule has 23 heavy (non-hydrogen) atoms. The van der Waals surface area contributed by atoms with Crippen molar-refractivity contribution in [1.29, 1.82) is 0 Å². The number of carbonyl (C=O) groups is 1. The summed E-state index contributed by atoms with van der Waals surface area (Å²) >= 11 is 1.37. The van der Waals surface area contributed by atoms with Crippen molar-refractivity contribution in [3.05, 3.63) is 39.3 Å². The molecule has 122 valence electrons. The molecule has 0 aliphatic carbocycles. The second kappa shape index (κ2) is 5.58. The zero-order valence-corrected chi connectivity index (χ0v) is 14.1. The molecule has 1 fully saturated rings. The van der Waals surface area contributed by atoms with Gasteiger partial charge in [-0.2, -0.15) is 0 Å². The second-order valence-corrected chi connectivity index (χ2v) is 7.55. The van der Waals surface area contributed by atoms with Crippen molar-refractivity contribution in [3.63, 3.8) is 0 Å². The highest BCUT2D eigenvalue weighted by atomic mass is 32.1. The number of ether oxygens (including phenoxy) is 1. The Kier molecular flexibility index (Phi) is 3.85. The van der Waals surface area contributed by atoms with Crippen molar-refractivity contribution in [2.75, 3.05) is 13.1 Å². The minimum atomic E-state index is -0.426. The normalized spacial score (nSPS) is 20.7. The summed E-state index contributed by atoms with van der Waals surface area (Å²) in [5, 5.41) is 11.6. The van der Waals surface area contributed by atoms with Gasteiger partial charge in [-0.3, -0.25) is 14.9 Å². The minimum absolute atomic E-state index is 0.0156. The SMILES string of the molecule is CC1CN(C(=O)c2cc3cc([N+](=O)[O-])ccc3s2)CC(C)(C)O1. The first kappa shape index (κ1) is 15.9. The van der Waals surface area contributed by atoms with Crippen molar-refractivity contribution in [1.82, 2.24) is 4.90 Å². The van der Waals surface area contributed by atoms with Crippen LogP contribution in [0.3, 0.4) is 0 Å². The Morgan fingerprint density at radius 1 is 1.43 bits per heavy atom. The van der Waals surface area contributed by atoms with Crippen molar-refractivity contribution < 1.29 is 14.5 Å². The molecule has 1 amide bonds. The number of hydrogen-bond donors (Lipinski definition) is 0. The van der Waals surface area contributed by atoms with Crippen LogP contribution < -0.4 is 0 Å². The molecule has 0 radical (unpaired) electrons. The lowest BCUT2D eigenvalue weighted by Gasteiger charge is -2.41. The smallest absolute Gasteiger partial charge is 0.270 e. The summed E-state index contributed by atoms with van der Waals surface area (Å²) in [6, 6.07) is 6.41. The van der Waals surface area contributed by atoms with Crippen LogP contribution in [0.25, 0.3) is 10.1 Å². The number of hydrogen-bond acceptors (Lipinski definition) is 5. The first-order valence-corrected chi connectivity index (χ1v) is 8.22. The third kappa shape index (κ3) is 3.20. The average molecular weight is 334 g/mol. The number of morpholine rings is 1. The maximum Gasteiger partial charge on any atom is 0.270 e. The van der Waals surface area contributed by atoms with Crippen LogP contribution in [0.15, 0.2) is 24.3 Å². The number of non-ortho nitro benzene ring substituents is 1. The third-order valence-corrected chi connectivity index (χ3v) is 4.88. The van der Waals surface area contributed by atoms with Gasteiger partial charge in [0.05, 0.1) is 21.5 Å². The fraction of sp³-hybridized carbons (Fsp3) is 0.438. The highest BCUT2D eigenvalue weighted by molar-refractivity contribution is 7.20. The molecular formula is C16H18N2O4S. The quantitative estimate of drug-likeness (QED) is 0.623. The molecule has 3 rings (SSSR count). The summed E-state index contributed by atoms with van der Waals surface area (Å²) in [6.07, 6.45) is -0.0156. The van der Waals surface area contributed by atoms with Crippen LogP contribution in [0.2, 0.25) is 0 Å². The molecule has 2 heterocycles. The number of fused-ring (bicyclic) bond motifs is 1. The van der Waals surface area contributed by atoms with Crippen LogP contribution >= 0.6 is 11.3 Å². The highest BCUT2D eigenvalue weighted by Crippen LogP contribution is 2.31. The molecule has 6 nitrogen and oxygen atoms in total. The lowest BCUT2D eigenvalue weighted by Crippen LogP contribution is -2.53. The maximum absolute atomic E-state index is 12.8. The van der Waals surface area contributed by atoms with Crippen LogP contribution in [-0.2, 0) is 4.74 Å². The summed E-state index contributed by atoms with van der Waals surface area (Å²) in [6.45, 7) is 6.98. The molecule has 0 bridgehead atoms. The van der Waals surface area contributed by atoms with Crippen LogP contribution in [-0.4, -0.2) is 40.5 Å². The average Bonchev–Trinajstić information content (AvgIpc) is 2.86. The number of nitro benzene ring substituents is 1. The van der Waals surface area contributed by atoms with Gasteiger partial charge in [0.15, 0.2) is 0 Å². The van der Waals surface area contributed by atoms with E-state index in [-0.39, 0.29) is 23.3 Å². The standard InChI is InChI=1S/C16H18N2O4S/c1-10-8-17(9-16(2,3)22-10)15(19)14-7-11-6-12(18(20)21)4-5-13(11)23-14/h4-7,10H,8-9H2,1-3H3. The molecule has 1 saturated heterocycles. The number of amides is 1. The third-order valence-electron chi connectivity index (χ3n) is 3.78. The molecule has 1 unspecified atom stereocenters. The summed E-state index contributed by atoms with van der Waals surface area (Å²) in [4.78, 5) is 25.6. The number of rotatable bonds is 2. The first-order valence-electron chi connectivity index (χ1n) is 7.40. The number of thiophene rings is 1. The Labute approximate surface area is 137 Å². The van der Waals surface area contributed by atoms with E-state index in [1.165, 1.54) is 23.5 Å². The number of benzene rings is 1. The fourth-order valence-corrected chi connectivity index (χ4v) is 4.02. The second-order valence-electron chi connectivity index (χ2n) is 6.46. The molecule has 0 saturated carbocycles. The summed E-state index contributed by atoms with van der Waals surface area (Å²) in [5.41, 5.74) is -0.335. The predicted molar refractivity (Wildman–Crippen MR) is 89.0 cm³/mol. The van der Waals surface area contributed by atoms with Gasteiger partial charge in [0.2, 0.25) is 0 Å². The fourth-order valence-electron chi connectivity index (χ4n) is 3.01. The monoisotopic (exact) mass is 334 g/mol. The van der Waals surface area contributed by atoms with E-state index in [4.69, 9.17) is 4.74 Å². The number of carbonyl (C=O) groups excluding carboxylic acids is 1. The minimum Gasteiger partial charge on any atom is -0.369 e. The van der Waals surface area contributed by atoms with E-state index in [1.54, 1.807) is 17.0 Å². The Bertz CT molecular complexity index is 783. The summed E-state index contributed by atoms with van der Waals surface area (Å²) < 4.78 is 6.70. The Morgan fingerprint density at radius 3 is 2.83 bits per heavy atom. The summed E-state index contributed by atoms with van der Waals surface area (Å²) in [5.74, 6) is -0.0444. The number of nitro groups is 1. The van der Waals surface area contributed by atoms with Gasteiger partial charge in [-0.25, -0.2) is 0 Å². The van der Waals surface area contributed by atoms with Gasteiger partial charge < -0.3 is 9.64 Å². The van der Waals surface area contributed by atoms with Crippen LogP contribution in [0, 0.1) is 10.1 Å². The zero-order valence-electron chi connectivity index (χ0n) is 13.2. The molecule has 0 N–H and O–H groups in total. The highest BCUT2D eigenvalue weighted by Gasteiger charge is 2.34. The van der Waals surface area contributed by atoms with E-state index in [0.717, 1.165) is 10.1 Å².